The molecule has 2 heteroatoms. The molecule has 93 valence electrons. The molecular formula is C16H17S2. The second-order valence-corrected chi connectivity index (χ2v) is 6.45. The van der Waals surface area contributed by atoms with Crippen LogP contribution >= 0.6 is 23.5 Å². The highest BCUT2D eigenvalue weighted by Gasteiger charge is 2.16. The average Bonchev–Trinajstić information content (AvgIpc) is 2.46. The molecule has 0 aliphatic rings. The zero-order chi connectivity index (χ0) is 12.8. The van der Waals surface area contributed by atoms with Crippen LogP contribution in [0.5, 0.6) is 0 Å². The number of rotatable bonds is 5. The maximum atomic E-state index is 2.26. The van der Waals surface area contributed by atoms with Crippen LogP contribution in [0.15, 0.2) is 60.7 Å². The van der Waals surface area contributed by atoms with Gasteiger partial charge < -0.3 is 0 Å². The van der Waals surface area contributed by atoms with Gasteiger partial charge in [-0.05, 0) is 24.3 Å². The maximum Gasteiger partial charge on any atom is 0.114 e. The minimum atomic E-state index is 0.480. The van der Waals surface area contributed by atoms with Gasteiger partial charge in [-0.25, -0.2) is 0 Å². The topological polar surface area (TPSA) is 0 Å². The molecule has 0 fully saturated rings. The van der Waals surface area contributed by atoms with E-state index < -0.39 is 0 Å². The Bertz CT molecular complexity index is 453. The van der Waals surface area contributed by atoms with Crippen molar-refractivity contribution in [2.75, 3.05) is 6.26 Å². The summed E-state index contributed by atoms with van der Waals surface area (Å²) >= 11 is 3.76. The van der Waals surface area contributed by atoms with Crippen LogP contribution in [0.3, 0.4) is 0 Å². The van der Waals surface area contributed by atoms with Crippen LogP contribution in [-0.2, 0) is 0 Å². The molecule has 0 aromatic heterocycles. The van der Waals surface area contributed by atoms with E-state index >= 15 is 0 Å². The van der Waals surface area contributed by atoms with Crippen LogP contribution < -0.4 is 0 Å². The summed E-state index contributed by atoms with van der Waals surface area (Å²) in [6, 6.07) is 21.3. The van der Waals surface area contributed by atoms with E-state index in [0.29, 0.717) is 5.25 Å². The van der Waals surface area contributed by atoms with Gasteiger partial charge in [0.15, 0.2) is 0 Å². The van der Waals surface area contributed by atoms with Gasteiger partial charge in [0.1, 0.15) is 4.58 Å². The largest absolute Gasteiger partial charge is 0.140 e. The molecule has 0 saturated carbocycles. The van der Waals surface area contributed by atoms with Crippen LogP contribution in [0.2, 0.25) is 0 Å². The lowest BCUT2D eigenvalue weighted by molar-refractivity contribution is 1.10. The second-order valence-electron chi connectivity index (χ2n) is 4.03. The van der Waals surface area contributed by atoms with Gasteiger partial charge in [-0.3, -0.25) is 0 Å². The van der Waals surface area contributed by atoms with Crippen LogP contribution in [0.4, 0.5) is 0 Å². The molecule has 2 aromatic rings. The molecule has 0 bridgehead atoms. The van der Waals surface area contributed by atoms with Crippen molar-refractivity contribution in [3.8, 4) is 0 Å². The molecule has 1 unspecified atom stereocenters. The van der Waals surface area contributed by atoms with Crippen molar-refractivity contribution in [3.05, 3.63) is 76.4 Å². The molecule has 0 aliphatic heterocycles. The van der Waals surface area contributed by atoms with Gasteiger partial charge in [-0.15, -0.1) is 23.5 Å². The molecule has 2 aromatic carbocycles. The predicted molar refractivity (Wildman–Crippen MR) is 84.8 cm³/mol. The first kappa shape index (κ1) is 13.6. The number of hydrogen-bond donors (Lipinski definition) is 0. The lowest BCUT2D eigenvalue weighted by Crippen LogP contribution is -1.94. The quantitative estimate of drug-likeness (QED) is 0.717. The first-order valence-electron chi connectivity index (χ1n) is 5.99. The Morgan fingerprint density at radius 1 is 0.889 bits per heavy atom. The minimum absolute atomic E-state index is 0.480. The van der Waals surface area contributed by atoms with Crippen molar-refractivity contribution in [3.63, 3.8) is 0 Å². The Hall–Kier alpha value is -0.860. The molecule has 0 nitrogen and oxygen atoms in total. The van der Waals surface area contributed by atoms with Gasteiger partial charge in [-0.1, -0.05) is 60.7 Å². The number of hydrogen-bond acceptors (Lipinski definition) is 2. The van der Waals surface area contributed by atoms with Crippen molar-refractivity contribution >= 4 is 23.5 Å². The van der Waals surface area contributed by atoms with Crippen LogP contribution in [-0.4, -0.2) is 6.26 Å². The van der Waals surface area contributed by atoms with Gasteiger partial charge in [0.25, 0.3) is 0 Å². The highest BCUT2D eigenvalue weighted by Crippen LogP contribution is 2.44. The van der Waals surface area contributed by atoms with Crippen molar-refractivity contribution in [2.24, 2.45) is 0 Å². The summed E-state index contributed by atoms with van der Waals surface area (Å²) in [6.07, 6.45) is 2.15. The average molecular weight is 273 g/mol. The number of benzene rings is 2. The van der Waals surface area contributed by atoms with Gasteiger partial charge in [0, 0.05) is 5.25 Å². The summed E-state index contributed by atoms with van der Waals surface area (Å²) in [5.74, 6) is 0. The van der Waals surface area contributed by atoms with Crippen LogP contribution in [0.25, 0.3) is 0 Å². The zero-order valence-corrected chi connectivity index (χ0v) is 12.3. The first-order valence-corrected chi connectivity index (χ1v) is 8.09. The molecule has 0 heterocycles. The van der Waals surface area contributed by atoms with E-state index in [1.807, 2.05) is 23.5 Å². The highest BCUT2D eigenvalue weighted by atomic mass is 32.2. The summed E-state index contributed by atoms with van der Waals surface area (Å²) < 4.78 is 1.38. The summed E-state index contributed by atoms with van der Waals surface area (Å²) in [4.78, 5) is 0. The Labute approximate surface area is 118 Å². The summed E-state index contributed by atoms with van der Waals surface area (Å²) in [6.45, 7) is 2.26. The van der Waals surface area contributed by atoms with Gasteiger partial charge >= 0.3 is 0 Å². The van der Waals surface area contributed by atoms with Crippen molar-refractivity contribution < 1.29 is 0 Å². The molecule has 0 aliphatic carbocycles. The van der Waals surface area contributed by atoms with E-state index in [-0.39, 0.29) is 0 Å². The molecule has 0 N–H and O–H groups in total. The molecule has 18 heavy (non-hydrogen) atoms. The van der Waals surface area contributed by atoms with Crippen LogP contribution in [0, 0.1) is 4.58 Å². The molecule has 2 rings (SSSR count). The summed E-state index contributed by atoms with van der Waals surface area (Å²) in [5.41, 5.74) is 2.70. The maximum absolute atomic E-state index is 2.26. The Kier molecular flexibility index (Phi) is 5.21. The van der Waals surface area contributed by atoms with Gasteiger partial charge in [0.05, 0.1) is 0 Å². The van der Waals surface area contributed by atoms with E-state index in [2.05, 4.69) is 73.8 Å². The fourth-order valence-corrected chi connectivity index (χ4v) is 3.84. The van der Waals surface area contributed by atoms with E-state index in [1.165, 1.54) is 15.7 Å². The molecule has 0 saturated heterocycles. The minimum Gasteiger partial charge on any atom is -0.140 e. The van der Waals surface area contributed by atoms with Crippen molar-refractivity contribution in [1.29, 1.82) is 0 Å². The molecule has 1 atom stereocenters. The van der Waals surface area contributed by atoms with E-state index in [1.54, 1.807) is 0 Å². The third-order valence-corrected chi connectivity index (χ3v) is 5.22. The van der Waals surface area contributed by atoms with Gasteiger partial charge in [-0.2, -0.15) is 0 Å². The van der Waals surface area contributed by atoms with E-state index in [9.17, 15) is 0 Å². The highest BCUT2D eigenvalue weighted by molar-refractivity contribution is 8.20. The molecule has 0 amide bonds. The zero-order valence-electron chi connectivity index (χ0n) is 10.7. The lowest BCUT2D eigenvalue weighted by Gasteiger charge is -2.18. The van der Waals surface area contributed by atoms with Crippen molar-refractivity contribution in [1.82, 2.24) is 0 Å². The van der Waals surface area contributed by atoms with Crippen LogP contribution in [0.1, 0.15) is 23.3 Å². The first-order chi connectivity index (χ1) is 8.81. The smallest absolute Gasteiger partial charge is 0.114 e. The molecule has 0 spiro atoms. The fraction of sp³-hybridized carbons (Fsp3) is 0.188. The van der Waals surface area contributed by atoms with E-state index in [0.717, 1.165) is 0 Å². The molecular weight excluding hydrogens is 256 g/mol. The third-order valence-electron chi connectivity index (χ3n) is 2.75. The van der Waals surface area contributed by atoms with Gasteiger partial charge in [0.2, 0.25) is 0 Å². The summed E-state index contributed by atoms with van der Waals surface area (Å²) in [7, 11) is 0. The molecule has 1 radical (unpaired) electrons. The lowest BCUT2D eigenvalue weighted by atomic mass is 10.2. The summed E-state index contributed by atoms with van der Waals surface area (Å²) in [5, 5.41) is 0.480. The Balaban J connectivity index is 2.07. The predicted octanol–water partition coefficient (Wildman–Crippen LogP) is 5.38. The third kappa shape index (κ3) is 3.56. The fourth-order valence-electron chi connectivity index (χ4n) is 1.76. The van der Waals surface area contributed by atoms with Crippen molar-refractivity contribution in [2.45, 2.75) is 12.2 Å². The number of thioether (sulfide) groups is 2. The van der Waals surface area contributed by atoms with E-state index in [4.69, 9.17) is 0 Å². The monoisotopic (exact) mass is 273 g/mol. The Morgan fingerprint density at radius 2 is 1.44 bits per heavy atom. The SMILES string of the molecule is CS[C](SC(C)c1ccccc1)c1ccccc1. The standard InChI is InChI=1S/C16H17S2/c1-13(14-9-5-3-6-10-14)18-16(17-2)15-11-7-4-8-12-15/h3-13H,1-2H3. The Morgan fingerprint density at radius 3 is 2.00 bits per heavy atom. The normalized spacial score (nSPS) is 12.6. The second kappa shape index (κ2) is 6.91.